The zero-order chi connectivity index (χ0) is 15.1. The molecular weight excluding hydrogens is 276 g/mol. The monoisotopic (exact) mass is 286 g/mol. The van der Waals surface area contributed by atoms with E-state index in [2.05, 4.69) is 0 Å². The first-order valence-corrected chi connectivity index (χ1v) is 5.99. The summed E-state index contributed by atoms with van der Waals surface area (Å²) in [6.07, 6.45) is 0. The fourth-order valence-electron chi connectivity index (χ4n) is 2.09. The standard InChI is InChI=1S/C15H10O6/c16-8-4-2-1-3-7(8)11-5-9(17)13-12(21-11)6-10(18)14(19)15(13)20/h1-6,16,18-20H. The lowest BCUT2D eigenvalue weighted by Crippen LogP contribution is -2.01. The average Bonchev–Trinajstić information content (AvgIpc) is 2.44. The maximum atomic E-state index is 12.1. The van der Waals surface area contributed by atoms with Crippen LogP contribution in [0.3, 0.4) is 0 Å². The van der Waals surface area contributed by atoms with E-state index < -0.39 is 22.7 Å². The van der Waals surface area contributed by atoms with Crippen LogP contribution in [0.25, 0.3) is 22.3 Å². The molecule has 0 saturated carbocycles. The Balaban J connectivity index is 2.38. The maximum absolute atomic E-state index is 12.1. The number of phenolic OH excluding ortho intramolecular Hbond substituents is 4. The van der Waals surface area contributed by atoms with E-state index in [4.69, 9.17) is 4.42 Å². The van der Waals surface area contributed by atoms with E-state index in [1.165, 1.54) is 6.07 Å². The van der Waals surface area contributed by atoms with E-state index in [1.807, 2.05) is 0 Å². The number of hydrogen-bond donors (Lipinski definition) is 4. The number of para-hydroxylation sites is 1. The predicted molar refractivity (Wildman–Crippen MR) is 74.6 cm³/mol. The minimum Gasteiger partial charge on any atom is -0.507 e. The van der Waals surface area contributed by atoms with E-state index in [0.29, 0.717) is 5.56 Å². The molecule has 0 aliphatic heterocycles. The van der Waals surface area contributed by atoms with Crippen LogP contribution >= 0.6 is 0 Å². The van der Waals surface area contributed by atoms with Crippen molar-refractivity contribution in [1.29, 1.82) is 0 Å². The minimum absolute atomic E-state index is 0.0766. The largest absolute Gasteiger partial charge is 0.507 e. The van der Waals surface area contributed by atoms with E-state index in [-0.39, 0.29) is 22.5 Å². The second-order valence-corrected chi connectivity index (χ2v) is 4.46. The molecule has 0 amide bonds. The van der Waals surface area contributed by atoms with Crippen molar-refractivity contribution in [2.75, 3.05) is 0 Å². The van der Waals surface area contributed by atoms with Crippen molar-refractivity contribution >= 4 is 11.0 Å². The molecule has 0 spiro atoms. The zero-order valence-electron chi connectivity index (χ0n) is 10.6. The fourth-order valence-corrected chi connectivity index (χ4v) is 2.09. The summed E-state index contributed by atoms with van der Waals surface area (Å²) in [5, 5.41) is 38.2. The highest BCUT2D eigenvalue weighted by atomic mass is 16.3. The molecule has 0 saturated heterocycles. The van der Waals surface area contributed by atoms with Gasteiger partial charge < -0.3 is 24.8 Å². The van der Waals surface area contributed by atoms with E-state index in [9.17, 15) is 25.2 Å². The van der Waals surface area contributed by atoms with Gasteiger partial charge in [0, 0.05) is 12.1 Å². The second-order valence-electron chi connectivity index (χ2n) is 4.46. The summed E-state index contributed by atoms with van der Waals surface area (Å²) in [6, 6.07) is 8.38. The van der Waals surface area contributed by atoms with Gasteiger partial charge in [-0.2, -0.15) is 0 Å². The van der Waals surface area contributed by atoms with Gasteiger partial charge >= 0.3 is 0 Å². The average molecular weight is 286 g/mol. The quantitative estimate of drug-likeness (QED) is 0.511. The van der Waals surface area contributed by atoms with Gasteiger partial charge in [0.1, 0.15) is 22.5 Å². The molecule has 6 nitrogen and oxygen atoms in total. The van der Waals surface area contributed by atoms with Crippen LogP contribution in [0.15, 0.2) is 45.6 Å². The molecule has 0 fully saturated rings. The minimum atomic E-state index is -0.787. The Morgan fingerprint density at radius 3 is 2.29 bits per heavy atom. The van der Waals surface area contributed by atoms with Crippen LogP contribution in [0, 0.1) is 0 Å². The molecule has 2 aromatic carbocycles. The van der Waals surface area contributed by atoms with Crippen molar-refractivity contribution in [2.45, 2.75) is 0 Å². The Morgan fingerprint density at radius 1 is 0.857 bits per heavy atom. The Bertz CT molecular complexity index is 910. The summed E-state index contributed by atoms with van der Waals surface area (Å²) >= 11 is 0. The van der Waals surface area contributed by atoms with Gasteiger partial charge in [0.25, 0.3) is 0 Å². The Labute approximate surface area is 117 Å². The Hall–Kier alpha value is -3.15. The van der Waals surface area contributed by atoms with Crippen molar-refractivity contribution in [3.8, 4) is 34.3 Å². The highest BCUT2D eigenvalue weighted by Crippen LogP contribution is 2.41. The van der Waals surface area contributed by atoms with Crippen LogP contribution < -0.4 is 5.43 Å². The first-order chi connectivity index (χ1) is 9.99. The van der Waals surface area contributed by atoms with Crippen molar-refractivity contribution in [2.24, 2.45) is 0 Å². The van der Waals surface area contributed by atoms with Crippen molar-refractivity contribution in [3.63, 3.8) is 0 Å². The Kier molecular flexibility index (Phi) is 2.72. The summed E-state index contributed by atoms with van der Waals surface area (Å²) in [5.74, 6) is -2.15. The number of phenols is 4. The summed E-state index contributed by atoms with van der Waals surface area (Å²) in [6.45, 7) is 0. The fraction of sp³-hybridized carbons (Fsp3) is 0. The lowest BCUT2D eigenvalue weighted by molar-refractivity contribution is 0.370. The van der Waals surface area contributed by atoms with Gasteiger partial charge in [-0.05, 0) is 12.1 Å². The molecule has 1 aromatic heterocycles. The molecule has 21 heavy (non-hydrogen) atoms. The molecule has 4 N–H and O–H groups in total. The lowest BCUT2D eigenvalue weighted by Gasteiger charge is -2.07. The van der Waals surface area contributed by atoms with Crippen LogP contribution in [0.2, 0.25) is 0 Å². The smallest absolute Gasteiger partial charge is 0.201 e. The number of fused-ring (bicyclic) bond motifs is 1. The third-order valence-electron chi connectivity index (χ3n) is 3.12. The third-order valence-corrected chi connectivity index (χ3v) is 3.12. The van der Waals surface area contributed by atoms with E-state index >= 15 is 0 Å². The van der Waals surface area contributed by atoms with Gasteiger partial charge in [0.05, 0.1) is 5.56 Å². The third kappa shape index (κ3) is 1.93. The molecule has 0 bridgehead atoms. The zero-order valence-corrected chi connectivity index (χ0v) is 10.6. The van der Waals surface area contributed by atoms with Gasteiger partial charge in [-0.25, -0.2) is 0 Å². The van der Waals surface area contributed by atoms with Crippen LogP contribution in [0.4, 0.5) is 0 Å². The molecule has 3 aromatic rings. The van der Waals surface area contributed by atoms with Gasteiger partial charge in [-0.3, -0.25) is 4.79 Å². The maximum Gasteiger partial charge on any atom is 0.201 e. The van der Waals surface area contributed by atoms with Gasteiger partial charge in [0.15, 0.2) is 16.9 Å². The lowest BCUT2D eigenvalue weighted by atomic mass is 10.1. The molecule has 0 unspecified atom stereocenters. The molecule has 0 aliphatic rings. The molecule has 0 atom stereocenters. The molecule has 1 heterocycles. The number of aromatic hydroxyl groups is 4. The summed E-state index contributed by atoms with van der Waals surface area (Å²) in [7, 11) is 0. The number of hydrogen-bond acceptors (Lipinski definition) is 6. The van der Waals surface area contributed by atoms with E-state index in [0.717, 1.165) is 12.1 Å². The highest BCUT2D eigenvalue weighted by molar-refractivity contribution is 5.89. The molecule has 0 radical (unpaired) electrons. The van der Waals surface area contributed by atoms with Crippen LogP contribution in [-0.4, -0.2) is 20.4 Å². The molecule has 0 aliphatic carbocycles. The van der Waals surface area contributed by atoms with Crippen molar-refractivity contribution in [1.82, 2.24) is 0 Å². The number of rotatable bonds is 1. The van der Waals surface area contributed by atoms with Gasteiger partial charge in [-0.15, -0.1) is 0 Å². The number of benzene rings is 2. The summed E-state index contributed by atoms with van der Waals surface area (Å²) in [4.78, 5) is 12.1. The second kappa shape index (κ2) is 4.45. The van der Waals surface area contributed by atoms with Gasteiger partial charge in [0.2, 0.25) is 5.75 Å². The van der Waals surface area contributed by atoms with Gasteiger partial charge in [-0.1, -0.05) is 12.1 Å². The summed E-state index contributed by atoms with van der Waals surface area (Å²) in [5.41, 5.74) is -0.417. The predicted octanol–water partition coefficient (Wildman–Crippen LogP) is 2.28. The highest BCUT2D eigenvalue weighted by Gasteiger charge is 2.18. The van der Waals surface area contributed by atoms with E-state index in [1.54, 1.807) is 18.2 Å². The SMILES string of the molecule is O=c1cc(-c2ccccc2O)oc2cc(O)c(O)c(O)c12. The normalized spacial score (nSPS) is 10.9. The van der Waals surface area contributed by atoms with Crippen LogP contribution in [0.1, 0.15) is 0 Å². The molecule has 6 heteroatoms. The Morgan fingerprint density at radius 2 is 1.57 bits per heavy atom. The molecule has 3 rings (SSSR count). The molecule has 106 valence electrons. The topological polar surface area (TPSA) is 111 Å². The van der Waals surface area contributed by atoms with Crippen molar-refractivity contribution < 1.29 is 24.8 Å². The van der Waals surface area contributed by atoms with Crippen LogP contribution in [0.5, 0.6) is 23.0 Å². The van der Waals surface area contributed by atoms with Crippen molar-refractivity contribution in [3.05, 3.63) is 46.6 Å². The first-order valence-electron chi connectivity index (χ1n) is 5.99. The molecular formula is C15H10O6. The first kappa shape index (κ1) is 12.9. The summed E-state index contributed by atoms with van der Waals surface area (Å²) < 4.78 is 5.44. The van der Waals surface area contributed by atoms with Crippen LogP contribution in [-0.2, 0) is 0 Å².